The van der Waals surface area contributed by atoms with E-state index in [4.69, 9.17) is 21.1 Å². The van der Waals surface area contributed by atoms with Crippen LogP contribution in [0, 0.1) is 0 Å². The van der Waals surface area contributed by atoms with Crippen molar-refractivity contribution >= 4 is 17.5 Å². The second-order valence-electron chi connectivity index (χ2n) is 4.42. The van der Waals surface area contributed by atoms with Gasteiger partial charge in [0.05, 0.1) is 19.3 Å². The van der Waals surface area contributed by atoms with E-state index in [1.54, 1.807) is 0 Å². The maximum absolute atomic E-state index is 11.4. The third-order valence-electron chi connectivity index (χ3n) is 3.04. The van der Waals surface area contributed by atoms with Gasteiger partial charge in [-0.3, -0.25) is 4.79 Å². The second-order valence-corrected chi connectivity index (χ2v) is 4.69. The number of ether oxygens (including phenoxy) is 2. The van der Waals surface area contributed by atoms with Crippen molar-refractivity contribution in [3.8, 4) is 11.5 Å². The molecule has 0 saturated heterocycles. The Morgan fingerprint density at radius 3 is 2.79 bits per heavy atom. The molecular formula is C14H18ClNO3. The van der Waals surface area contributed by atoms with Gasteiger partial charge in [0.1, 0.15) is 5.88 Å². The zero-order valence-electron chi connectivity index (χ0n) is 10.9. The molecular weight excluding hydrogens is 266 g/mol. The van der Waals surface area contributed by atoms with Crippen LogP contribution in [-0.2, 0) is 4.79 Å². The summed E-state index contributed by atoms with van der Waals surface area (Å²) in [7, 11) is 0. The minimum atomic E-state index is -0.166. The van der Waals surface area contributed by atoms with Crippen molar-refractivity contribution in [2.75, 3.05) is 19.1 Å². The Kier molecular flexibility index (Phi) is 4.91. The van der Waals surface area contributed by atoms with E-state index in [9.17, 15) is 4.79 Å². The molecule has 1 aromatic rings. The van der Waals surface area contributed by atoms with E-state index in [2.05, 4.69) is 5.32 Å². The van der Waals surface area contributed by atoms with Gasteiger partial charge in [-0.25, -0.2) is 0 Å². The summed E-state index contributed by atoms with van der Waals surface area (Å²) in [6.07, 6.45) is 1.67. The summed E-state index contributed by atoms with van der Waals surface area (Å²) >= 11 is 5.52. The second kappa shape index (κ2) is 6.66. The molecule has 2 rings (SSSR count). The first-order chi connectivity index (χ1) is 9.24. The van der Waals surface area contributed by atoms with Crippen molar-refractivity contribution in [2.45, 2.75) is 25.8 Å². The van der Waals surface area contributed by atoms with E-state index in [-0.39, 0.29) is 17.8 Å². The van der Waals surface area contributed by atoms with Crippen molar-refractivity contribution in [3.05, 3.63) is 23.8 Å². The van der Waals surface area contributed by atoms with Gasteiger partial charge in [0.15, 0.2) is 11.5 Å². The fraction of sp³-hybridized carbons (Fsp3) is 0.500. The molecule has 0 unspecified atom stereocenters. The quantitative estimate of drug-likeness (QED) is 0.864. The third kappa shape index (κ3) is 3.53. The highest BCUT2D eigenvalue weighted by atomic mass is 35.5. The molecule has 0 spiro atoms. The molecule has 19 heavy (non-hydrogen) atoms. The van der Waals surface area contributed by atoms with E-state index < -0.39 is 0 Å². The van der Waals surface area contributed by atoms with Crippen LogP contribution in [0.1, 0.15) is 31.4 Å². The molecule has 1 aliphatic rings. The molecule has 1 atom stereocenters. The predicted molar refractivity (Wildman–Crippen MR) is 73.9 cm³/mol. The summed E-state index contributed by atoms with van der Waals surface area (Å²) in [5, 5.41) is 2.89. The molecule has 0 fully saturated rings. The fourth-order valence-corrected chi connectivity index (χ4v) is 2.13. The largest absolute Gasteiger partial charge is 0.490 e. The number of alkyl halides is 1. The molecule has 0 bridgehead atoms. The van der Waals surface area contributed by atoms with Gasteiger partial charge in [0.25, 0.3) is 0 Å². The molecule has 1 aliphatic heterocycles. The number of hydrogen-bond donors (Lipinski definition) is 1. The lowest BCUT2D eigenvalue weighted by molar-refractivity contribution is -0.119. The molecule has 0 radical (unpaired) electrons. The van der Waals surface area contributed by atoms with Crippen LogP contribution in [0.4, 0.5) is 0 Å². The lowest BCUT2D eigenvalue weighted by Crippen LogP contribution is -2.29. The smallest absolute Gasteiger partial charge is 0.235 e. The van der Waals surface area contributed by atoms with E-state index >= 15 is 0 Å². The number of rotatable bonds is 4. The predicted octanol–water partition coefficient (Wildman–Crippen LogP) is 2.65. The number of halogens is 1. The summed E-state index contributed by atoms with van der Waals surface area (Å²) in [5.74, 6) is 1.31. The van der Waals surface area contributed by atoms with Gasteiger partial charge in [0, 0.05) is 6.42 Å². The average molecular weight is 284 g/mol. The molecule has 1 aromatic carbocycles. The molecule has 104 valence electrons. The molecule has 0 aromatic heterocycles. The van der Waals surface area contributed by atoms with Crippen molar-refractivity contribution < 1.29 is 14.3 Å². The number of fused-ring (bicyclic) bond motifs is 1. The van der Waals surface area contributed by atoms with E-state index in [0.29, 0.717) is 13.2 Å². The van der Waals surface area contributed by atoms with Crippen molar-refractivity contribution in [3.63, 3.8) is 0 Å². The molecule has 0 saturated carbocycles. The van der Waals surface area contributed by atoms with Crippen LogP contribution in [0.3, 0.4) is 0 Å². The first-order valence-electron chi connectivity index (χ1n) is 6.49. The first kappa shape index (κ1) is 14.0. The maximum atomic E-state index is 11.4. The average Bonchev–Trinajstić information content (AvgIpc) is 2.68. The molecule has 0 aliphatic carbocycles. The van der Waals surface area contributed by atoms with Gasteiger partial charge < -0.3 is 14.8 Å². The van der Waals surface area contributed by atoms with Crippen LogP contribution in [0.2, 0.25) is 0 Å². The van der Waals surface area contributed by atoms with Gasteiger partial charge in [-0.2, -0.15) is 0 Å². The Morgan fingerprint density at radius 1 is 1.37 bits per heavy atom. The number of amides is 1. The van der Waals surface area contributed by atoms with Crippen molar-refractivity contribution in [1.82, 2.24) is 5.32 Å². The van der Waals surface area contributed by atoms with Crippen LogP contribution in [-0.4, -0.2) is 25.0 Å². The van der Waals surface area contributed by atoms with Gasteiger partial charge in [-0.1, -0.05) is 13.0 Å². The Hall–Kier alpha value is -1.42. The summed E-state index contributed by atoms with van der Waals surface area (Å²) < 4.78 is 11.2. The molecule has 1 amide bonds. The monoisotopic (exact) mass is 283 g/mol. The fourth-order valence-electron chi connectivity index (χ4n) is 2.05. The highest BCUT2D eigenvalue weighted by Crippen LogP contribution is 2.32. The Balaban J connectivity index is 2.19. The summed E-state index contributed by atoms with van der Waals surface area (Å²) in [5.41, 5.74) is 1.00. The number of carbonyl (C=O) groups excluding carboxylic acids is 1. The van der Waals surface area contributed by atoms with Crippen LogP contribution in [0.5, 0.6) is 11.5 Å². The standard InChI is InChI=1S/C14H18ClNO3/c1-2-11(16-14(17)9-15)10-4-5-12-13(8-10)19-7-3-6-18-12/h4-5,8,11H,2-3,6-7,9H2,1H3,(H,16,17)/t11-/m1/s1. The number of carbonyl (C=O) groups is 1. The SMILES string of the molecule is CC[C@@H](NC(=O)CCl)c1ccc2c(c1)OCCCO2. The Bertz CT molecular complexity index is 450. The summed E-state index contributed by atoms with van der Waals surface area (Å²) in [6, 6.07) is 5.73. The first-order valence-corrected chi connectivity index (χ1v) is 7.03. The summed E-state index contributed by atoms with van der Waals surface area (Å²) in [4.78, 5) is 11.4. The minimum Gasteiger partial charge on any atom is -0.490 e. The lowest BCUT2D eigenvalue weighted by Gasteiger charge is -2.18. The van der Waals surface area contributed by atoms with Crippen LogP contribution < -0.4 is 14.8 Å². The topological polar surface area (TPSA) is 47.6 Å². The number of nitrogens with one attached hydrogen (secondary N) is 1. The molecule has 1 N–H and O–H groups in total. The van der Waals surface area contributed by atoms with Crippen LogP contribution >= 0.6 is 11.6 Å². The van der Waals surface area contributed by atoms with E-state index in [1.165, 1.54) is 0 Å². The van der Waals surface area contributed by atoms with Crippen LogP contribution in [0.15, 0.2) is 18.2 Å². The van der Waals surface area contributed by atoms with Gasteiger partial charge in [-0.15, -0.1) is 11.6 Å². The number of benzene rings is 1. The van der Waals surface area contributed by atoms with E-state index in [0.717, 1.165) is 29.9 Å². The van der Waals surface area contributed by atoms with Crippen molar-refractivity contribution in [2.24, 2.45) is 0 Å². The maximum Gasteiger partial charge on any atom is 0.235 e. The summed E-state index contributed by atoms with van der Waals surface area (Å²) in [6.45, 7) is 3.34. The van der Waals surface area contributed by atoms with E-state index in [1.807, 2.05) is 25.1 Å². The van der Waals surface area contributed by atoms with Crippen LogP contribution in [0.25, 0.3) is 0 Å². The highest BCUT2D eigenvalue weighted by molar-refractivity contribution is 6.27. The van der Waals surface area contributed by atoms with Gasteiger partial charge in [0.2, 0.25) is 5.91 Å². The normalized spacial score (nSPS) is 15.5. The van der Waals surface area contributed by atoms with Gasteiger partial charge in [-0.05, 0) is 24.1 Å². The third-order valence-corrected chi connectivity index (χ3v) is 3.28. The molecule has 1 heterocycles. The lowest BCUT2D eigenvalue weighted by atomic mass is 10.0. The Labute approximate surface area is 118 Å². The Morgan fingerprint density at radius 2 is 2.11 bits per heavy atom. The van der Waals surface area contributed by atoms with Crippen molar-refractivity contribution in [1.29, 1.82) is 0 Å². The van der Waals surface area contributed by atoms with Gasteiger partial charge >= 0.3 is 0 Å². The zero-order valence-corrected chi connectivity index (χ0v) is 11.7. The zero-order chi connectivity index (χ0) is 13.7. The minimum absolute atomic E-state index is 0.0267. The highest BCUT2D eigenvalue weighted by Gasteiger charge is 2.16. The molecule has 4 nitrogen and oxygen atoms in total. The molecule has 5 heteroatoms. The number of hydrogen-bond acceptors (Lipinski definition) is 3.